The van der Waals surface area contributed by atoms with Gasteiger partial charge in [0, 0.05) is 7.05 Å². The highest BCUT2D eigenvalue weighted by atomic mass is 79.9. The summed E-state index contributed by atoms with van der Waals surface area (Å²) in [6.07, 6.45) is 2.00. The van der Waals surface area contributed by atoms with E-state index in [1.165, 1.54) is 11.1 Å². The van der Waals surface area contributed by atoms with E-state index in [2.05, 4.69) is 58.2 Å². The summed E-state index contributed by atoms with van der Waals surface area (Å²) in [6.45, 7) is 4.15. The molecule has 1 heterocycles. The number of rotatable bonds is 3. The Morgan fingerprint density at radius 2 is 2.14 bits per heavy atom. The maximum Gasteiger partial charge on any atom is 0.275 e. The van der Waals surface area contributed by atoms with E-state index < -0.39 is 0 Å². The highest BCUT2D eigenvalue weighted by Crippen LogP contribution is 2.36. The summed E-state index contributed by atoms with van der Waals surface area (Å²) in [4.78, 5) is 14.6. The van der Waals surface area contributed by atoms with Gasteiger partial charge in [0.25, 0.3) is 5.91 Å². The maximum atomic E-state index is 12.8. The molecule has 3 rings (SSSR count). The van der Waals surface area contributed by atoms with Crippen LogP contribution in [0.1, 0.15) is 59.5 Å². The minimum atomic E-state index is -0.0447. The molecular weight excluding hydrogens is 342 g/mol. The quantitative estimate of drug-likeness (QED) is 0.895. The molecule has 1 atom stereocenters. The second-order valence-electron chi connectivity index (χ2n) is 6.12. The molecule has 1 aliphatic carbocycles. The molecule has 0 aliphatic heterocycles. The number of nitrogens with one attached hydrogen (secondary N) is 1. The van der Waals surface area contributed by atoms with Gasteiger partial charge in [0.2, 0.25) is 0 Å². The van der Waals surface area contributed by atoms with E-state index >= 15 is 0 Å². The molecule has 22 heavy (non-hydrogen) atoms. The average molecular weight is 362 g/mol. The first-order valence-corrected chi connectivity index (χ1v) is 8.38. The number of carbonyl (C=O) groups excluding carboxylic acids is 1. The van der Waals surface area contributed by atoms with Gasteiger partial charge in [-0.3, -0.25) is 9.89 Å². The Kier molecular flexibility index (Phi) is 4.08. The van der Waals surface area contributed by atoms with Crippen molar-refractivity contribution in [2.45, 2.75) is 38.6 Å². The molecule has 1 N–H and O–H groups in total. The van der Waals surface area contributed by atoms with E-state index in [0.29, 0.717) is 11.6 Å². The zero-order valence-corrected chi connectivity index (χ0v) is 14.6. The van der Waals surface area contributed by atoms with Gasteiger partial charge in [0.1, 0.15) is 0 Å². The first-order chi connectivity index (χ1) is 10.5. The lowest BCUT2D eigenvalue weighted by atomic mass is 10.1. The number of aryl methyl sites for hydroxylation is 1. The molecule has 1 amide bonds. The molecule has 0 spiro atoms. The second-order valence-corrected chi connectivity index (χ2v) is 6.92. The Labute approximate surface area is 139 Å². The van der Waals surface area contributed by atoms with Crippen LogP contribution < -0.4 is 0 Å². The van der Waals surface area contributed by atoms with E-state index in [1.54, 1.807) is 0 Å². The normalized spacial score (nSPS) is 16.9. The van der Waals surface area contributed by atoms with Crippen molar-refractivity contribution in [1.29, 1.82) is 0 Å². The molecular formula is C17H20BrN3O. The van der Waals surface area contributed by atoms with E-state index in [4.69, 9.17) is 0 Å². The van der Waals surface area contributed by atoms with Gasteiger partial charge in [-0.25, -0.2) is 0 Å². The van der Waals surface area contributed by atoms with Crippen molar-refractivity contribution in [3.63, 3.8) is 0 Å². The third-order valence-electron chi connectivity index (χ3n) is 4.40. The summed E-state index contributed by atoms with van der Waals surface area (Å²) in [5.41, 5.74) is 4.03. The number of benzene rings is 1. The zero-order valence-electron chi connectivity index (χ0n) is 13.1. The number of amides is 1. The Balaban J connectivity index is 1.87. The third kappa shape index (κ3) is 2.47. The van der Waals surface area contributed by atoms with Crippen molar-refractivity contribution >= 4 is 21.8 Å². The number of hydrogen-bond donors (Lipinski definition) is 1. The van der Waals surface area contributed by atoms with Crippen molar-refractivity contribution in [2.75, 3.05) is 7.05 Å². The Bertz CT molecular complexity index is 708. The molecule has 0 bridgehead atoms. The summed E-state index contributed by atoms with van der Waals surface area (Å²) < 4.78 is 0.783. The molecule has 5 heteroatoms. The number of carbonyl (C=O) groups is 1. The molecule has 0 saturated heterocycles. The van der Waals surface area contributed by atoms with Gasteiger partial charge in [0.05, 0.1) is 16.2 Å². The van der Waals surface area contributed by atoms with Gasteiger partial charge in [0.15, 0.2) is 5.69 Å². The minimum Gasteiger partial charge on any atom is -0.333 e. The van der Waals surface area contributed by atoms with Gasteiger partial charge in [-0.2, -0.15) is 5.10 Å². The van der Waals surface area contributed by atoms with Crippen molar-refractivity contribution in [2.24, 2.45) is 0 Å². The van der Waals surface area contributed by atoms with Crippen LogP contribution in [0.5, 0.6) is 0 Å². The zero-order chi connectivity index (χ0) is 15.9. The summed E-state index contributed by atoms with van der Waals surface area (Å²) in [5.74, 6) is 0.248. The predicted molar refractivity (Wildman–Crippen MR) is 90.0 cm³/mol. The highest BCUT2D eigenvalue weighted by Gasteiger charge is 2.31. The van der Waals surface area contributed by atoms with Crippen LogP contribution in [-0.4, -0.2) is 28.1 Å². The van der Waals surface area contributed by atoms with Crippen LogP contribution in [0, 0.1) is 0 Å². The largest absolute Gasteiger partial charge is 0.333 e. The molecule has 0 saturated carbocycles. The summed E-state index contributed by atoms with van der Waals surface area (Å²) in [7, 11) is 1.87. The number of aromatic amines is 1. The number of nitrogens with zero attached hydrogens (tertiary/aromatic N) is 2. The number of aromatic nitrogens is 2. The molecule has 1 aromatic heterocycles. The SMILES string of the molecule is CC(C)c1[nH]nc(C(=O)N(C)C2CCc3ccccc32)c1Br. The van der Waals surface area contributed by atoms with E-state index in [0.717, 1.165) is 23.0 Å². The molecule has 1 aromatic carbocycles. The first kappa shape index (κ1) is 15.3. The molecule has 1 unspecified atom stereocenters. The summed E-state index contributed by atoms with van der Waals surface area (Å²) in [6, 6.07) is 8.50. The van der Waals surface area contributed by atoms with Crippen LogP contribution in [0.3, 0.4) is 0 Å². The van der Waals surface area contributed by atoms with Crippen LogP contribution in [0.15, 0.2) is 28.7 Å². The van der Waals surface area contributed by atoms with Gasteiger partial charge >= 0.3 is 0 Å². The fraction of sp³-hybridized carbons (Fsp3) is 0.412. The van der Waals surface area contributed by atoms with Crippen molar-refractivity contribution < 1.29 is 4.79 Å². The average Bonchev–Trinajstić information content (AvgIpc) is 3.09. The maximum absolute atomic E-state index is 12.8. The molecule has 1 aliphatic rings. The minimum absolute atomic E-state index is 0.0447. The highest BCUT2D eigenvalue weighted by molar-refractivity contribution is 9.10. The van der Waals surface area contributed by atoms with E-state index in [9.17, 15) is 4.79 Å². The number of H-pyrrole nitrogens is 1. The summed E-state index contributed by atoms with van der Waals surface area (Å²) in [5, 5.41) is 7.20. The Hall–Kier alpha value is -1.62. The van der Waals surface area contributed by atoms with Crippen LogP contribution in [-0.2, 0) is 6.42 Å². The van der Waals surface area contributed by atoms with Gasteiger partial charge < -0.3 is 4.90 Å². The first-order valence-electron chi connectivity index (χ1n) is 7.59. The summed E-state index contributed by atoms with van der Waals surface area (Å²) >= 11 is 3.52. The lowest BCUT2D eigenvalue weighted by Gasteiger charge is -2.25. The topological polar surface area (TPSA) is 49.0 Å². The fourth-order valence-corrected chi connectivity index (χ4v) is 3.92. The number of hydrogen-bond acceptors (Lipinski definition) is 2. The van der Waals surface area contributed by atoms with Crippen molar-refractivity contribution in [1.82, 2.24) is 15.1 Å². The van der Waals surface area contributed by atoms with Crippen LogP contribution in [0.25, 0.3) is 0 Å². The van der Waals surface area contributed by atoms with Crippen molar-refractivity contribution in [3.8, 4) is 0 Å². The third-order valence-corrected chi connectivity index (χ3v) is 5.20. The number of fused-ring (bicyclic) bond motifs is 1. The van der Waals surface area contributed by atoms with Gasteiger partial charge in [-0.15, -0.1) is 0 Å². The smallest absolute Gasteiger partial charge is 0.275 e. The molecule has 116 valence electrons. The van der Waals surface area contributed by atoms with E-state index in [-0.39, 0.29) is 11.9 Å². The standard InChI is InChI=1S/C17H20BrN3O/c1-10(2)15-14(18)16(20-19-15)17(22)21(3)13-9-8-11-6-4-5-7-12(11)13/h4-7,10,13H,8-9H2,1-3H3,(H,19,20). The van der Waals surface area contributed by atoms with Crippen LogP contribution in [0.2, 0.25) is 0 Å². The van der Waals surface area contributed by atoms with Crippen molar-refractivity contribution in [3.05, 3.63) is 51.3 Å². The second kappa shape index (κ2) is 5.88. The molecule has 0 radical (unpaired) electrons. The lowest BCUT2D eigenvalue weighted by molar-refractivity contribution is 0.0723. The van der Waals surface area contributed by atoms with E-state index in [1.807, 2.05) is 18.0 Å². The van der Waals surface area contributed by atoms with Gasteiger partial charge in [-0.1, -0.05) is 38.1 Å². The van der Waals surface area contributed by atoms with Gasteiger partial charge in [-0.05, 0) is 45.8 Å². The van der Waals surface area contributed by atoms with Crippen LogP contribution >= 0.6 is 15.9 Å². The predicted octanol–water partition coefficient (Wildman–Crippen LogP) is 4.06. The molecule has 4 nitrogen and oxygen atoms in total. The fourth-order valence-electron chi connectivity index (χ4n) is 3.11. The lowest BCUT2D eigenvalue weighted by Crippen LogP contribution is -2.30. The molecule has 0 fully saturated rings. The Morgan fingerprint density at radius 1 is 1.41 bits per heavy atom. The van der Waals surface area contributed by atoms with Crippen LogP contribution in [0.4, 0.5) is 0 Å². The monoisotopic (exact) mass is 361 g/mol. The number of halogens is 1. The Morgan fingerprint density at radius 3 is 2.82 bits per heavy atom. The molecule has 2 aromatic rings.